The van der Waals surface area contributed by atoms with Gasteiger partial charge in [0.25, 0.3) is 0 Å². The van der Waals surface area contributed by atoms with Crippen molar-refractivity contribution in [2.75, 3.05) is 0 Å². The number of benzene rings is 2. The number of aryl methyl sites for hydroxylation is 1. The van der Waals surface area contributed by atoms with Crippen molar-refractivity contribution in [3.05, 3.63) is 58.9 Å². The Morgan fingerprint density at radius 3 is 2.20 bits per heavy atom. The van der Waals surface area contributed by atoms with Crippen molar-refractivity contribution in [3.63, 3.8) is 0 Å². The lowest BCUT2D eigenvalue weighted by molar-refractivity contribution is -0.137. The fourth-order valence-electron chi connectivity index (χ4n) is 2.01. The second kappa shape index (κ2) is 5.07. The fraction of sp³-hybridized carbons (Fsp3) is 0.133. The second-order valence-electron chi connectivity index (χ2n) is 4.38. The van der Waals surface area contributed by atoms with Gasteiger partial charge < -0.3 is 0 Å². The zero-order valence-electron chi connectivity index (χ0n) is 10.5. The van der Waals surface area contributed by atoms with Crippen LogP contribution in [0, 0.1) is 12.7 Å². The highest BCUT2D eigenvalue weighted by Gasteiger charge is 2.31. The molecular weight excluding hydrogens is 272 g/mol. The average molecular weight is 282 g/mol. The van der Waals surface area contributed by atoms with E-state index in [9.17, 15) is 22.4 Å². The van der Waals surface area contributed by atoms with Gasteiger partial charge in [0.15, 0.2) is 6.29 Å². The van der Waals surface area contributed by atoms with Crippen LogP contribution in [0.4, 0.5) is 17.6 Å². The Hall–Kier alpha value is -2.17. The van der Waals surface area contributed by atoms with E-state index in [4.69, 9.17) is 0 Å². The van der Waals surface area contributed by atoms with Gasteiger partial charge in [0.05, 0.1) is 5.56 Å². The molecule has 104 valence electrons. The first kappa shape index (κ1) is 14.2. The van der Waals surface area contributed by atoms with Crippen molar-refractivity contribution in [1.29, 1.82) is 0 Å². The summed E-state index contributed by atoms with van der Waals surface area (Å²) >= 11 is 0. The number of rotatable bonds is 2. The molecule has 5 heteroatoms. The number of carbonyl (C=O) groups is 1. The van der Waals surface area contributed by atoms with E-state index in [1.54, 1.807) is 6.92 Å². The highest BCUT2D eigenvalue weighted by molar-refractivity contribution is 5.88. The molecule has 2 rings (SSSR count). The standard InChI is InChI=1S/C15H10F4O/c1-9-6-12(16)3-5-13(9)14-4-2-11(15(17,18)19)7-10(14)8-20/h2-8H,1H3. The molecule has 0 heterocycles. The highest BCUT2D eigenvalue weighted by atomic mass is 19.4. The zero-order chi connectivity index (χ0) is 14.9. The summed E-state index contributed by atoms with van der Waals surface area (Å²) in [6.45, 7) is 1.63. The lowest BCUT2D eigenvalue weighted by Gasteiger charge is -2.12. The summed E-state index contributed by atoms with van der Waals surface area (Å²) in [4.78, 5) is 11.0. The smallest absolute Gasteiger partial charge is 0.298 e. The molecule has 0 aliphatic rings. The Morgan fingerprint density at radius 1 is 1.00 bits per heavy atom. The first-order chi connectivity index (χ1) is 9.32. The Labute approximate surface area is 112 Å². The van der Waals surface area contributed by atoms with Gasteiger partial charge in [-0.1, -0.05) is 12.1 Å². The summed E-state index contributed by atoms with van der Waals surface area (Å²) in [5, 5.41) is 0. The minimum absolute atomic E-state index is 0.0745. The molecule has 2 aromatic rings. The van der Waals surface area contributed by atoms with Crippen LogP contribution in [0.25, 0.3) is 11.1 Å². The largest absolute Gasteiger partial charge is 0.416 e. The number of hydrogen-bond donors (Lipinski definition) is 0. The minimum atomic E-state index is -4.51. The summed E-state index contributed by atoms with van der Waals surface area (Å²) in [6, 6.07) is 6.85. The second-order valence-corrected chi connectivity index (χ2v) is 4.38. The van der Waals surface area contributed by atoms with Crippen LogP contribution in [-0.4, -0.2) is 6.29 Å². The quantitative estimate of drug-likeness (QED) is 0.579. The third-order valence-corrected chi connectivity index (χ3v) is 2.98. The van der Waals surface area contributed by atoms with Gasteiger partial charge in [-0.2, -0.15) is 13.2 Å². The van der Waals surface area contributed by atoms with Crippen LogP contribution in [0.5, 0.6) is 0 Å². The van der Waals surface area contributed by atoms with Gasteiger partial charge in [-0.15, -0.1) is 0 Å². The van der Waals surface area contributed by atoms with E-state index in [0.29, 0.717) is 23.0 Å². The van der Waals surface area contributed by atoms with E-state index in [-0.39, 0.29) is 5.56 Å². The summed E-state index contributed by atoms with van der Waals surface area (Å²) < 4.78 is 50.9. The van der Waals surface area contributed by atoms with Crippen molar-refractivity contribution in [3.8, 4) is 11.1 Å². The molecule has 0 fully saturated rings. The van der Waals surface area contributed by atoms with Crippen molar-refractivity contribution in [2.45, 2.75) is 13.1 Å². The van der Waals surface area contributed by atoms with E-state index in [0.717, 1.165) is 12.1 Å². The van der Waals surface area contributed by atoms with E-state index in [1.807, 2.05) is 0 Å². The lowest BCUT2D eigenvalue weighted by Crippen LogP contribution is -2.06. The average Bonchev–Trinajstić information content (AvgIpc) is 2.37. The van der Waals surface area contributed by atoms with E-state index in [1.165, 1.54) is 24.3 Å². The van der Waals surface area contributed by atoms with Crippen LogP contribution >= 0.6 is 0 Å². The van der Waals surface area contributed by atoms with E-state index in [2.05, 4.69) is 0 Å². The van der Waals surface area contributed by atoms with Crippen LogP contribution in [0.2, 0.25) is 0 Å². The maximum Gasteiger partial charge on any atom is 0.416 e. The van der Waals surface area contributed by atoms with Crippen molar-refractivity contribution in [2.24, 2.45) is 0 Å². The van der Waals surface area contributed by atoms with Crippen molar-refractivity contribution < 1.29 is 22.4 Å². The normalized spacial score (nSPS) is 11.4. The monoisotopic (exact) mass is 282 g/mol. The molecule has 1 nitrogen and oxygen atoms in total. The Morgan fingerprint density at radius 2 is 1.65 bits per heavy atom. The third-order valence-electron chi connectivity index (χ3n) is 2.98. The zero-order valence-corrected chi connectivity index (χ0v) is 10.5. The third kappa shape index (κ3) is 2.71. The summed E-state index contributed by atoms with van der Waals surface area (Å²) in [5.74, 6) is -0.439. The first-order valence-corrected chi connectivity index (χ1v) is 5.76. The molecule has 0 amide bonds. The number of hydrogen-bond acceptors (Lipinski definition) is 1. The van der Waals surface area contributed by atoms with Gasteiger partial charge in [-0.05, 0) is 47.9 Å². The minimum Gasteiger partial charge on any atom is -0.298 e. The van der Waals surface area contributed by atoms with Crippen LogP contribution in [0.1, 0.15) is 21.5 Å². The summed E-state index contributed by atoms with van der Waals surface area (Å²) in [5.41, 5.74) is 0.471. The molecule has 0 aliphatic heterocycles. The predicted octanol–water partition coefficient (Wildman–Crippen LogP) is 4.63. The topological polar surface area (TPSA) is 17.1 Å². The highest BCUT2D eigenvalue weighted by Crippen LogP contribution is 2.33. The molecule has 20 heavy (non-hydrogen) atoms. The molecule has 0 saturated heterocycles. The van der Waals surface area contributed by atoms with Crippen LogP contribution in [0.15, 0.2) is 36.4 Å². The van der Waals surface area contributed by atoms with Gasteiger partial charge in [0.1, 0.15) is 5.82 Å². The Balaban J connectivity index is 2.60. The van der Waals surface area contributed by atoms with Crippen LogP contribution in [-0.2, 0) is 6.18 Å². The van der Waals surface area contributed by atoms with Gasteiger partial charge in [0.2, 0.25) is 0 Å². The molecule has 0 aromatic heterocycles. The van der Waals surface area contributed by atoms with Crippen molar-refractivity contribution >= 4 is 6.29 Å². The SMILES string of the molecule is Cc1cc(F)ccc1-c1ccc(C(F)(F)F)cc1C=O. The van der Waals surface area contributed by atoms with E-state index < -0.39 is 17.6 Å². The fourth-order valence-corrected chi connectivity index (χ4v) is 2.01. The lowest BCUT2D eigenvalue weighted by atomic mass is 9.95. The molecule has 0 radical (unpaired) electrons. The molecular formula is C15H10F4O. The maximum atomic E-state index is 13.0. The van der Waals surface area contributed by atoms with Crippen molar-refractivity contribution in [1.82, 2.24) is 0 Å². The number of halogens is 4. The molecule has 0 aliphatic carbocycles. The Kier molecular flexibility index (Phi) is 3.61. The number of aldehydes is 1. The van der Waals surface area contributed by atoms with Crippen LogP contribution < -0.4 is 0 Å². The Bertz CT molecular complexity index is 659. The molecule has 0 saturated carbocycles. The van der Waals surface area contributed by atoms with E-state index >= 15 is 0 Å². The van der Waals surface area contributed by atoms with Gasteiger partial charge in [-0.25, -0.2) is 4.39 Å². The maximum absolute atomic E-state index is 13.0. The predicted molar refractivity (Wildman–Crippen MR) is 67.0 cm³/mol. The number of alkyl halides is 3. The molecule has 2 aromatic carbocycles. The van der Waals surface area contributed by atoms with Crippen LogP contribution in [0.3, 0.4) is 0 Å². The summed E-state index contributed by atoms with van der Waals surface area (Å²) in [7, 11) is 0. The van der Waals surface area contributed by atoms with Gasteiger partial charge >= 0.3 is 6.18 Å². The molecule has 0 atom stereocenters. The summed E-state index contributed by atoms with van der Waals surface area (Å²) in [6.07, 6.45) is -4.14. The van der Waals surface area contributed by atoms with Gasteiger partial charge in [-0.3, -0.25) is 4.79 Å². The molecule has 0 unspecified atom stereocenters. The molecule has 0 spiro atoms. The molecule has 0 bridgehead atoms. The first-order valence-electron chi connectivity index (χ1n) is 5.76. The molecule has 0 N–H and O–H groups in total. The number of carbonyl (C=O) groups excluding carboxylic acids is 1. The van der Waals surface area contributed by atoms with Gasteiger partial charge in [0, 0.05) is 5.56 Å².